The van der Waals surface area contributed by atoms with E-state index in [2.05, 4.69) is 95.4 Å². The van der Waals surface area contributed by atoms with Gasteiger partial charge in [0.05, 0.1) is 25.1 Å². The van der Waals surface area contributed by atoms with Gasteiger partial charge in [-0.1, -0.05) is 71.8 Å². The molecule has 0 fully saturated rings. The summed E-state index contributed by atoms with van der Waals surface area (Å²) < 4.78 is 18.7. The molecule has 0 saturated heterocycles. The van der Waals surface area contributed by atoms with Crippen LogP contribution in [0.5, 0.6) is 23.0 Å². The van der Waals surface area contributed by atoms with E-state index in [-0.39, 0.29) is 0 Å². The van der Waals surface area contributed by atoms with Gasteiger partial charge < -0.3 is 19.1 Å². The number of ether oxygens (including phenoxy) is 3. The molecule has 0 bridgehead atoms. The molecule has 47 heavy (non-hydrogen) atoms. The van der Waals surface area contributed by atoms with Crippen molar-refractivity contribution >= 4 is 53.1 Å². The van der Waals surface area contributed by atoms with E-state index in [0.717, 1.165) is 97.2 Å². The minimum absolute atomic E-state index is 0.712. The number of anilines is 2. The molecule has 0 aliphatic carbocycles. The Morgan fingerprint density at radius 1 is 0.787 bits per heavy atom. The highest BCUT2D eigenvalue weighted by atomic mass is 127. The monoisotopic (exact) mass is 783 g/mol. The van der Waals surface area contributed by atoms with Crippen LogP contribution in [0.2, 0.25) is 5.02 Å². The van der Waals surface area contributed by atoms with Gasteiger partial charge in [-0.25, -0.2) is 0 Å². The van der Waals surface area contributed by atoms with Crippen molar-refractivity contribution in [3.63, 3.8) is 0 Å². The van der Waals surface area contributed by atoms with Gasteiger partial charge in [0.2, 0.25) is 0 Å². The topological polar surface area (TPSA) is 30.9 Å². The van der Waals surface area contributed by atoms with Crippen LogP contribution in [-0.4, -0.2) is 26.0 Å². The molecule has 4 nitrogen and oxygen atoms in total. The highest BCUT2D eigenvalue weighted by Gasteiger charge is 2.25. The Labute approximate surface area is 303 Å². The van der Waals surface area contributed by atoms with Gasteiger partial charge in [-0.3, -0.25) is 0 Å². The van der Waals surface area contributed by atoms with Gasteiger partial charge in [0.25, 0.3) is 0 Å². The van der Waals surface area contributed by atoms with E-state index in [4.69, 9.17) is 25.8 Å². The van der Waals surface area contributed by atoms with E-state index in [0.29, 0.717) is 5.02 Å². The van der Waals surface area contributed by atoms with Gasteiger partial charge in [0.1, 0.15) is 11.5 Å². The summed E-state index contributed by atoms with van der Waals surface area (Å²) in [5.74, 6) is 4.81. The molecule has 0 N–H and O–H groups in total. The van der Waals surface area contributed by atoms with Crippen LogP contribution in [0.25, 0.3) is 11.1 Å². The molecule has 7 heteroatoms. The Balaban J connectivity index is 1.49. The number of halogens is 2. The Morgan fingerprint density at radius 2 is 1.62 bits per heavy atom. The van der Waals surface area contributed by atoms with Gasteiger partial charge in [-0.2, -0.15) is 0 Å². The fourth-order valence-corrected chi connectivity index (χ4v) is 7.82. The SMILES string of the molecule is CCCc1cc(OCCCCCCSI)c(-c2ccc3c(c2)Oc2ccc(Cl)cc2N3CCC)cc1CCc1ccc(OC)c(C)c1. The van der Waals surface area contributed by atoms with Gasteiger partial charge >= 0.3 is 0 Å². The zero-order valence-electron chi connectivity index (χ0n) is 28.2. The predicted molar refractivity (Wildman–Crippen MR) is 210 cm³/mol. The molecule has 1 aliphatic heterocycles. The number of hydrogen-bond donors (Lipinski definition) is 0. The van der Waals surface area contributed by atoms with Crippen molar-refractivity contribution in [3.8, 4) is 34.1 Å². The Bertz CT molecular complexity index is 1640. The molecule has 5 rings (SSSR count). The maximum Gasteiger partial charge on any atom is 0.151 e. The number of rotatable bonds is 17. The van der Waals surface area contributed by atoms with Gasteiger partial charge in [0, 0.05) is 22.9 Å². The third kappa shape index (κ3) is 9.12. The Kier molecular flexibility index (Phi) is 13.5. The molecule has 0 radical (unpaired) electrons. The lowest BCUT2D eigenvalue weighted by Crippen LogP contribution is -2.22. The molecule has 1 aliphatic rings. The van der Waals surface area contributed by atoms with Crippen molar-refractivity contribution in [2.24, 2.45) is 0 Å². The quantitative estimate of drug-likeness (QED) is 0.0786. The normalized spacial score (nSPS) is 12.0. The van der Waals surface area contributed by atoms with E-state index in [9.17, 15) is 0 Å². The minimum atomic E-state index is 0.712. The fraction of sp³-hybridized carbons (Fsp3) is 0.400. The van der Waals surface area contributed by atoms with Crippen LogP contribution < -0.4 is 19.1 Å². The van der Waals surface area contributed by atoms with Crippen LogP contribution in [0.1, 0.15) is 74.6 Å². The van der Waals surface area contributed by atoms with E-state index < -0.39 is 0 Å². The maximum absolute atomic E-state index is 6.63. The number of unbranched alkanes of at least 4 members (excludes halogenated alkanes) is 3. The molecule has 250 valence electrons. The van der Waals surface area contributed by atoms with Crippen molar-refractivity contribution < 1.29 is 14.2 Å². The van der Waals surface area contributed by atoms with Crippen molar-refractivity contribution in [2.45, 2.75) is 78.6 Å². The Hall–Kier alpha value is -2.55. The van der Waals surface area contributed by atoms with E-state index in [1.165, 1.54) is 47.3 Å². The molecule has 4 aromatic rings. The number of fused-ring (bicyclic) bond motifs is 2. The number of hydrogen-bond acceptors (Lipinski definition) is 5. The van der Waals surface area contributed by atoms with Gasteiger partial charge in [-0.15, -0.1) is 0 Å². The first-order chi connectivity index (χ1) is 22.9. The lowest BCUT2D eigenvalue weighted by atomic mass is 9.91. The molecule has 0 saturated carbocycles. The highest BCUT2D eigenvalue weighted by Crippen LogP contribution is 2.49. The average Bonchev–Trinajstić information content (AvgIpc) is 3.07. The lowest BCUT2D eigenvalue weighted by molar-refractivity contribution is 0.306. The number of benzene rings is 4. The summed E-state index contributed by atoms with van der Waals surface area (Å²) in [6, 6.07) is 23.7. The van der Waals surface area contributed by atoms with Crippen molar-refractivity contribution in [1.29, 1.82) is 0 Å². The van der Waals surface area contributed by atoms with Gasteiger partial charge in [-0.05, 0) is 143 Å². The molecule has 0 amide bonds. The molecule has 0 atom stereocenters. The summed E-state index contributed by atoms with van der Waals surface area (Å²) in [5, 5.41) is 0.712. The van der Waals surface area contributed by atoms with Crippen LogP contribution in [0.3, 0.4) is 0 Å². The van der Waals surface area contributed by atoms with Crippen molar-refractivity contribution in [3.05, 3.63) is 94.0 Å². The second-order valence-corrected chi connectivity index (χ2v) is 15.2. The first-order valence-corrected chi connectivity index (χ1v) is 20.9. The standard InChI is InChI=1S/C40H47ClINO3S/c1-5-11-30-25-39(45-21-9-7-8-10-22-47-42)34(24-31(30)14-12-29-13-18-37(44-4)28(3)23-29)32-15-17-35-40(26-32)46-38-19-16-33(41)27-36(38)43(35)20-6-2/h13,15-19,23-27H,5-12,14,20-22H2,1-4H3. The predicted octanol–water partition coefficient (Wildman–Crippen LogP) is 12.7. The molecular weight excluding hydrogens is 737 g/mol. The summed E-state index contributed by atoms with van der Waals surface area (Å²) in [4.78, 5) is 2.32. The average molecular weight is 784 g/mol. The molecule has 1 heterocycles. The van der Waals surface area contributed by atoms with Crippen LogP contribution >= 0.6 is 41.7 Å². The maximum atomic E-state index is 6.63. The van der Waals surface area contributed by atoms with E-state index in [1.807, 2.05) is 27.1 Å². The Morgan fingerprint density at radius 3 is 2.38 bits per heavy atom. The third-order valence-electron chi connectivity index (χ3n) is 8.78. The van der Waals surface area contributed by atoms with E-state index >= 15 is 0 Å². The van der Waals surface area contributed by atoms with Crippen LogP contribution in [0, 0.1) is 6.92 Å². The second-order valence-electron chi connectivity index (χ2n) is 12.3. The molecule has 0 spiro atoms. The van der Waals surface area contributed by atoms with Crippen molar-refractivity contribution in [2.75, 3.05) is 30.9 Å². The number of nitrogens with zero attached hydrogens (tertiary/aromatic N) is 1. The number of methoxy groups -OCH3 is 1. The first kappa shape index (κ1) is 35.7. The fourth-order valence-electron chi connectivity index (χ4n) is 6.40. The summed E-state index contributed by atoms with van der Waals surface area (Å²) in [6.07, 6.45) is 9.83. The van der Waals surface area contributed by atoms with Gasteiger partial charge in [0.15, 0.2) is 11.5 Å². The largest absolute Gasteiger partial charge is 0.496 e. The first-order valence-electron chi connectivity index (χ1n) is 17.0. The molecule has 4 aromatic carbocycles. The van der Waals surface area contributed by atoms with Crippen LogP contribution in [-0.2, 0) is 19.3 Å². The zero-order chi connectivity index (χ0) is 33.2. The smallest absolute Gasteiger partial charge is 0.151 e. The van der Waals surface area contributed by atoms with Crippen molar-refractivity contribution in [1.82, 2.24) is 0 Å². The summed E-state index contributed by atoms with van der Waals surface area (Å²) in [7, 11) is 3.63. The summed E-state index contributed by atoms with van der Waals surface area (Å²) in [5.41, 5.74) is 9.57. The minimum Gasteiger partial charge on any atom is -0.496 e. The number of aryl methyl sites for hydroxylation is 4. The zero-order valence-corrected chi connectivity index (χ0v) is 31.9. The van der Waals surface area contributed by atoms with Crippen LogP contribution in [0.4, 0.5) is 11.4 Å². The molecule has 0 aromatic heterocycles. The van der Waals surface area contributed by atoms with E-state index in [1.54, 1.807) is 7.11 Å². The second kappa shape index (κ2) is 17.7. The molecule has 0 unspecified atom stereocenters. The van der Waals surface area contributed by atoms with Crippen LogP contribution in [0.15, 0.2) is 66.7 Å². The highest BCUT2D eigenvalue weighted by molar-refractivity contribution is 14.2. The summed E-state index contributed by atoms with van der Waals surface area (Å²) >= 11 is 8.80. The third-order valence-corrected chi connectivity index (χ3v) is 10.8. The lowest BCUT2D eigenvalue weighted by Gasteiger charge is -2.33. The molecular formula is C40H47ClINO3S. The summed E-state index contributed by atoms with van der Waals surface area (Å²) in [6.45, 7) is 8.18.